The first-order chi connectivity index (χ1) is 13.3. The van der Waals surface area contributed by atoms with Crippen LogP contribution in [0.5, 0.6) is 0 Å². The van der Waals surface area contributed by atoms with Gasteiger partial charge in [-0.1, -0.05) is 20.8 Å². The average Bonchev–Trinajstić information content (AvgIpc) is 3.35. The van der Waals surface area contributed by atoms with Crippen LogP contribution in [0.25, 0.3) is 0 Å². The second kappa shape index (κ2) is 6.17. The SMILES string of the molecule is CC(=O)OC[C@@H](C)[C@H]1CC[C@H]2[C@@H]3[C@H]4OC4C4=CC(=O)CC[C@]4(C)[C@H]3CC[C@]12C. The summed E-state index contributed by atoms with van der Waals surface area (Å²) >= 11 is 0. The van der Waals surface area contributed by atoms with Crippen LogP contribution in [0.2, 0.25) is 0 Å². The molecule has 28 heavy (non-hydrogen) atoms. The largest absolute Gasteiger partial charge is 0.466 e. The summed E-state index contributed by atoms with van der Waals surface area (Å²) in [5.41, 5.74) is 1.79. The Morgan fingerprint density at radius 2 is 2.04 bits per heavy atom. The molecule has 1 unspecified atom stereocenters. The van der Waals surface area contributed by atoms with Gasteiger partial charge >= 0.3 is 5.97 Å². The molecule has 0 N–H and O–H groups in total. The molecule has 1 saturated heterocycles. The lowest BCUT2D eigenvalue weighted by molar-refractivity contribution is -0.143. The van der Waals surface area contributed by atoms with Crippen molar-refractivity contribution in [3.05, 3.63) is 11.6 Å². The summed E-state index contributed by atoms with van der Waals surface area (Å²) in [4.78, 5) is 23.4. The maximum Gasteiger partial charge on any atom is 0.302 e. The van der Waals surface area contributed by atoms with Gasteiger partial charge < -0.3 is 9.47 Å². The van der Waals surface area contributed by atoms with Gasteiger partial charge in [0.15, 0.2) is 5.78 Å². The first-order valence-corrected chi connectivity index (χ1v) is 11.3. The molecule has 4 fully saturated rings. The zero-order valence-electron chi connectivity index (χ0n) is 17.7. The Morgan fingerprint density at radius 3 is 2.79 bits per heavy atom. The van der Waals surface area contributed by atoms with E-state index in [1.54, 1.807) is 0 Å². The van der Waals surface area contributed by atoms with E-state index in [1.165, 1.54) is 38.2 Å². The van der Waals surface area contributed by atoms with Gasteiger partial charge in [-0.25, -0.2) is 0 Å². The molecule has 9 atom stereocenters. The van der Waals surface area contributed by atoms with E-state index in [4.69, 9.17) is 9.47 Å². The van der Waals surface area contributed by atoms with E-state index in [0.29, 0.717) is 59.9 Å². The minimum atomic E-state index is -0.171. The zero-order valence-corrected chi connectivity index (χ0v) is 17.7. The Labute approximate surface area is 168 Å². The molecule has 4 aliphatic carbocycles. The molecule has 3 saturated carbocycles. The number of rotatable bonds is 3. The Morgan fingerprint density at radius 1 is 1.25 bits per heavy atom. The highest BCUT2D eigenvalue weighted by Gasteiger charge is 2.69. The van der Waals surface area contributed by atoms with Crippen LogP contribution in [0, 0.1) is 40.4 Å². The van der Waals surface area contributed by atoms with Crippen LogP contribution in [-0.2, 0) is 19.1 Å². The number of carbonyl (C=O) groups excluding carboxylic acids is 2. The van der Waals surface area contributed by atoms with E-state index in [1.807, 2.05) is 6.08 Å². The Balaban J connectivity index is 1.42. The van der Waals surface area contributed by atoms with Gasteiger partial charge in [-0.15, -0.1) is 0 Å². The van der Waals surface area contributed by atoms with Crippen LogP contribution in [0.4, 0.5) is 0 Å². The highest BCUT2D eigenvalue weighted by molar-refractivity contribution is 5.92. The van der Waals surface area contributed by atoms with Crippen LogP contribution in [-0.4, -0.2) is 30.6 Å². The molecule has 0 radical (unpaired) electrons. The van der Waals surface area contributed by atoms with Crippen molar-refractivity contribution in [2.45, 2.75) is 78.4 Å². The smallest absolute Gasteiger partial charge is 0.302 e. The number of hydrogen-bond donors (Lipinski definition) is 0. The monoisotopic (exact) mass is 386 g/mol. The van der Waals surface area contributed by atoms with Gasteiger partial charge in [0.25, 0.3) is 0 Å². The minimum absolute atomic E-state index is 0.152. The second-order valence-corrected chi connectivity index (χ2v) is 10.8. The minimum Gasteiger partial charge on any atom is -0.466 e. The summed E-state index contributed by atoms with van der Waals surface area (Å²) in [6.07, 6.45) is 9.18. The van der Waals surface area contributed by atoms with E-state index in [-0.39, 0.29) is 17.5 Å². The van der Waals surface area contributed by atoms with Gasteiger partial charge in [0.1, 0.15) is 6.10 Å². The summed E-state index contributed by atoms with van der Waals surface area (Å²) < 4.78 is 11.6. The number of carbonyl (C=O) groups is 2. The maximum atomic E-state index is 12.1. The van der Waals surface area contributed by atoms with Crippen LogP contribution in [0.1, 0.15) is 66.2 Å². The number of fused-ring (bicyclic) bond motifs is 8. The lowest BCUT2D eigenvalue weighted by Gasteiger charge is -2.57. The fourth-order valence-electron chi connectivity index (χ4n) is 8.15. The van der Waals surface area contributed by atoms with Crippen molar-refractivity contribution in [1.29, 1.82) is 0 Å². The molecule has 0 aromatic carbocycles. The van der Waals surface area contributed by atoms with Crippen molar-refractivity contribution >= 4 is 11.8 Å². The van der Waals surface area contributed by atoms with Gasteiger partial charge in [0.2, 0.25) is 0 Å². The van der Waals surface area contributed by atoms with E-state index in [2.05, 4.69) is 20.8 Å². The molecule has 5 aliphatic rings. The van der Waals surface area contributed by atoms with E-state index in [9.17, 15) is 9.59 Å². The van der Waals surface area contributed by atoms with Crippen molar-refractivity contribution in [3.8, 4) is 0 Å². The first kappa shape index (κ1) is 18.8. The Bertz CT molecular complexity index is 741. The third-order valence-corrected chi connectivity index (χ3v) is 9.54. The quantitative estimate of drug-likeness (QED) is 0.535. The van der Waals surface area contributed by atoms with E-state index in [0.717, 1.165) is 6.42 Å². The molecular formula is C24H34O4. The highest BCUT2D eigenvalue weighted by atomic mass is 16.6. The summed E-state index contributed by atoms with van der Waals surface area (Å²) in [6, 6.07) is 0. The van der Waals surface area contributed by atoms with Crippen molar-refractivity contribution in [1.82, 2.24) is 0 Å². The van der Waals surface area contributed by atoms with Gasteiger partial charge in [-0.2, -0.15) is 0 Å². The zero-order chi connectivity index (χ0) is 19.8. The topological polar surface area (TPSA) is 55.9 Å². The molecule has 5 rings (SSSR count). The van der Waals surface area contributed by atoms with E-state index < -0.39 is 0 Å². The molecule has 1 aliphatic heterocycles. The van der Waals surface area contributed by atoms with Crippen LogP contribution in [0.15, 0.2) is 11.6 Å². The molecule has 4 heteroatoms. The van der Waals surface area contributed by atoms with Crippen LogP contribution >= 0.6 is 0 Å². The van der Waals surface area contributed by atoms with Gasteiger partial charge in [0, 0.05) is 13.3 Å². The lowest BCUT2D eigenvalue weighted by Crippen LogP contribution is -2.54. The molecule has 1 heterocycles. The Hall–Kier alpha value is -1.16. The van der Waals surface area contributed by atoms with Crippen molar-refractivity contribution < 1.29 is 19.1 Å². The highest BCUT2D eigenvalue weighted by Crippen LogP contribution is 2.70. The van der Waals surface area contributed by atoms with Crippen molar-refractivity contribution in [2.75, 3.05) is 6.61 Å². The summed E-state index contributed by atoms with van der Waals surface area (Å²) in [6.45, 7) is 9.24. The first-order valence-electron chi connectivity index (χ1n) is 11.3. The second-order valence-electron chi connectivity index (χ2n) is 10.8. The predicted octanol–water partition coefficient (Wildman–Crippen LogP) is 4.32. The summed E-state index contributed by atoms with van der Waals surface area (Å²) in [5.74, 6) is 3.13. The number of epoxide rings is 1. The van der Waals surface area contributed by atoms with Crippen LogP contribution in [0.3, 0.4) is 0 Å². The Kier molecular flexibility index (Phi) is 4.15. The molecular weight excluding hydrogens is 352 g/mol. The molecule has 0 amide bonds. The average molecular weight is 387 g/mol. The number of ketones is 1. The molecule has 0 spiro atoms. The maximum absolute atomic E-state index is 12.1. The fourth-order valence-corrected chi connectivity index (χ4v) is 8.15. The molecule has 0 aromatic heterocycles. The van der Waals surface area contributed by atoms with Crippen molar-refractivity contribution in [2.24, 2.45) is 40.4 Å². The standard InChI is InChI=1S/C24H34O4/c1-13(12-27-14(2)25)16-5-6-17-20-18(8-10-23(16,17)3)24(4)9-7-15(26)11-19(24)21-22(20)28-21/h11,13,16-18,20-22H,5-10,12H2,1-4H3/t13-,16-,17+,18+,20+,21?,22-,23-,24-/m1/s1. The molecule has 154 valence electrons. The summed E-state index contributed by atoms with van der Waals surface area (Å²) in [5, 5.41) is 0. The number of ether oxygens (including phenoxy) is 2. The molecule has 0 aromatic rings. The van der Waals surface area contributed by atoms with Gasteiger partial charge in [-0.3, -0.25) is 9.59 Å². The van der Waals surface area contributed by atoms with Crippen molar-refractivity contribution in [3.63, 3.8) is 0 Å². The molecule has 0 bridgehead atoms. The predicted molar refractivity (Wildman–Crippen MR) is 105 cm³/mol. The normalized spacial score (nSPS) is 49.9. The third-order valence-electron chi connectivity index (χ3n) is 9.54. The number of hydrogen-bond acceptors (Lipinski definition) is 4. The van der Waals surface area contributed by atoms with Gasteiger partial charge in [-0.05, 0) is 84.2 Å². The summed E-state index contributed by atoms with van der Waals surface area (Å²) in [7, 11) is 0. The van der Waals surface area contributed by atoms with Gasteiger partial charge in [0.05, 0.1) is 12.7 Å². The molecule has 4 nitrogen and oxygen atoms in total. The lowest BCUT2D eigenvalue weighted by atomic mass is 9.46. The van der Waals surface area contributed by atoms with Crippen LogP contribution < -0.4 is 0 Å². The van der Waals surface area contributed by atoms with E-state index >= 15 is 0 Å². The fraction of sp³-hybridized carbons (Fsp3) is 0.833. The number of esters is 1. The third kappa shape index (κ3) is 2.52.